The van der Waals surface area contributed by atoms with Crippen molar-refractivity contribution in [2.24, 2.45) is 5.29 Å². The number of nitroso groups, excluding NO2 is 1. The molecular formula is C6H10N2O2. The van der Waals surface area contributed by atoms with Crippen molar-refractivity contribution in [3.8, 4) is 0 Å². The van der Waals surface area contributed by atoms with Crippen LogP contribution in [0.25, 0.3) is 0 Å². The van der Waals surface area contributed by atoms with Crippen LogP contribution in [-0.2, 0) is 4.74 Å². The van der Waals surface area contributed by atoms with E-state index in [-0.39, 0.29) is 6.04 Å². The Balaban J connectivity index is 1.85. The molecule has 0 aromatic carbocycles. The molecule has 2 aliphatic heterocycles. The maximum Gasteiger partial charge on any atom is 0.0623 e. The fraction of sp³-hybridized carbons (Fsp3) is 1.00. The normalized spacial score (nSPS) is 43.8. The van der Waals surface area contributed by atoms with E-state index in [0.29, 0.717) is 12.2 Å². The van der Waals surface area contributed by atoms with Crippen molar-refractivity contribution in [1.29, 1.82) is 0 Å². The average molecular weight is 142 g/mol. The highest BCUT2D eigenvalue weighted by Crippen LogP contribution is 2.34. The molecule has 10 heavy (non-hydrogen) atoms. The highest BCUT2D eigenvalue weighted by atomic mass is 16.5. The van der Waals surface area contributed by atoms with E-state index >= 15 is 0 Å². The van der Waals surface area contributed by atoms with E-state index < -0.39 is 0 Å². The van der Waals surface area contributed by atoms with Gasteiger partial charge in [-0.25, -0.2) is 0 Å². The van der Waals surface area contributed by atoms with E-state index in [1.54, 1.807) is 0 Å². The van der Waals surface area contributed by atoms with Crippen molar-refractivity contribution >= 4 is 0 Å². The van der Waals surface area contributed by atoms with Gasteiger partial charge in [0.05, 0.1) is 18.2 Å². The summed E-state index contributed by atoms with van der Waals surface area (Å²) in [4.78, 5) is 9.79. The number of hydrogen-bond acceptors (Lipinski definition) is 3. The number of nitrogens with zero attached hydrogens (tertiary/aromatic N) is 1. The lowest BCUT2D eigenvalue weighted by atomic mass is 9.86. The van der Waals surface area contributed by atoms with Gasteiger partial charge in [0, 0.05) is 5.29 Å². The molecule has 0 aromatic rings. The maximum atomic E-state index is 9.79. The number of ether oxygens (including phenoxy) is 1. The molecule has 56 valence electrons. The third-order valence-electron chi connectivity index (χ3n) is 2.24. The van der Waals surface area contributed by atoms with Gasteiger partial charge in [-0.2, -0.15) is 0 Å². The second-order valence-corrected chi connectivity index (χ2v) is 3.00. The Morgan fingerprint density at radius 3 is 2.40 bits per heavy atom. The van der Waals surface area contributed by atoms with E-state index in [4.69, 9.17) is 4.74 Å². The summed E-state index contributed by atoms with van der Waals surface area (Å²) in [5, 5.41) is 2.66. The highest BCUT2D eigenvalue weighted by molar-refractivity contribution is 4.90. The van der Waals surface area contributed by atoms with Crippen LogP contribution in [0.4, 0.5) is 0 Å². The largest absolute Gasteiger partial charge is 0.375 e. The summed E-state index contributed by atoms with van der Waals surface area (Å²) < 4.78 is 5.37. The minimum atomic E-state index is 0.273. The molecule has 2 heterocycles. The molecule has 4 heteroatoms. The summed E-state index contributed by atoms with van der Waals surface area (Å²) in [6.45, 7) is 0. The Bertz CT molecular complexity index is 135. The van der Waals surface area contributed by atoms with Crippen molar-refractivity contribution in [2.45, 2.75) is 37.5 Å². The molecule has 2 bridgehead atoms. The molecule has 1 N–H and O–H groups in total. The van der Waals surface area contributed by atoms with Crippen LogP contribution < -0.4 is 5.43 Å². The lowest BCUT2D eigenvalue weighted by Crippen LogP contribution is -2.50. The quantitative estimate of drug-likeness (QED) is 0.453. The number of fused-ring (bicyclic) bond motifs is 2. The van der Waals surface area contributed by atoms with Crippen LogP contribution in [0, 0.1) is 4.91 Å². The van der Waals surface area contributed by atoms with Crippen molar-refractivity contribution in [1.82, 2.24) is 5.43 Å². The van der Waals surface area contributed by atoms with Gasteiger partial charge < -0.3 is 4.74 Å². The Morgan fingerprint density at radius 2 is 1.90 bits per heavy atom. The van der Waals surface area contributed by atoms with Crippen LogP contribution in [0.5, 0.6) is 0 Å². The molecule has 0 spiro atoms. The first-order valence-corrected chi connectivity index (χ1v) is 3.62. The van der Waals surface area contributed by atoms with Gasteiger partial charge in [0.25, 0.3) is 0 Å². The lowest BCUT2D eigenvalue weighted by molar-refractivity contribution is -0.164. The summed E-state index contributed by atoms with van der Waals surface area (Å²) >= 11 is 0. The van der Waals surface area contributed by atoms with Crippen molar-refractivity contribution in [3.05, 3.63) is 4.91 Å². The van der Waals surface area contributed by atoms with Gasteiger partial charge in [0.15, 0.2) is 0 Å². The third-order valence-corrected chi connectivity index (χ3v) is 2.24. The molecule has 0 radical (unpaired) electrons. The highest BCUT2D eigenvalue weighted by Gasteiger charge is 2.39. The number of hydrogen-bond donors (Lipinski definition) is 1. The molecular weight excluding hydrogens is 132 g/mol. The second kappa shape index (κ2) is 2.20. The van der Waals surface area contributed by atoms with Crippen LogP contribution >= 0.6 is 0 Å². The SMILES string of the molecule is O=NNC1CC2CC(C1)O2. The maximum absolute atomic E-state index is 9.79. The third kappa shape index (κ3) is 0.883. The van der Waals surface area contributed by atoms with E-state index in [1.807, 2.05) is 0 Å². The molecule has 2 atom stereocenters. The molecule has 1 aliphatic carbocycles. The van der Waals surface area contributed by atoms with Crippen LogP contribution in [0.1, 0.15) is 19.3 Å². The molecule has 2 saturated heterocycles. The van der Waals surface area contributed by atoms with E-state index in [2.05, 4.69) is 10.7 Å². The number of nitrogens with one attached hydrogen (secondary N) is 1. The van der Waals surface area contributed by atoms with Crippen LogP contribution in [0.3, 0.4) is 0 Å². The summed E-state index contributed by atoms with van der Waals surface area (Å²) in [5.41, 5.74) is 2.53. The number of rotatable bonds is 2. The smallest absolute Gasteiger partial charge is 0.0623 e. The van der Waals surface area contributed by atoms with E-state index in [0.717, 1.165) is 12.8 Å². The zero-order valence-electron chi connectivity index (χ0n) is 5.62. The summed E-state index contributed by atoms with van der Waals surface area (Å²) in [6.07, 6.45) is 3.87. The molecule has 0 aromatic heterocycles. The van der Waals surface area contributed by atoms with Gasteiger partial charge >= 0.3 is 0 Å². The zero-order valence-corrected chi connectivity index (χ0v) is 5.62. The van der Waals surface area contributed by atoms with Gasteiger partial charge in [0.2, 0.25) is 0 Å². The van der Waals surface area contributed by atoms with Gasteiger partial charge in [0.1, 0.15) is 0 Å². The molecule has 3 fully saturated rings. The van der Waals surface area contributed by atoms with Crippen LogP contribution in [0.2, 0.25) is 0 Å². The average Bonchev–Trinajstić information content (AvgIpc) is 1.87. The predicted octanol–water partition coefficient (Wildman–Crippen LogP) is 0.577. The molecule has 0 amide bonds. The van der Waals surface area contributed by atoms with Crippen LogP contribution in [-0.4, -0.2) is 18.2 Å². The molecule has 1 saturated carbocycles. The standard InChI is InChI=1S/C6H10N2O2/c9-8-7-4-1-5-3-6(2-4)10-5/h4-6H,1-3H2,(H,7,9). The fourth-order valence-electron chi connectivity index (χ4n) is 1.77. The zero-order chi connectivity index (χ0) is 6.97. The summed E-state index contributed by atoms with van der Waals surface area (Å²) in [6, 6.07) is 0.273. The Kier molecular flexibility index (Phi) is 1.34. The summed E-state index contributed by atoms with van der Waals surface area (Å²) in [5.74, 6) is 0. The fourth-order valence-corrected chi connectivity index (χ4v) is 1.77. The minimum Gasteiger partial charge on any atom is -0.375 e. The molecule has 3 aliphatic rings. The molecule has 3 rings (SSSR count). The minimum absolute atomic E-state index is 0.273. The van der Waals surface area contributed by atoms with Crippen molar-refractivity contribution in [3.63, 3.8) is 0 Å². The van der Waals surface area contributed by atoms with E-state index in [1.165, 1.54) is 6.42 Å². The Morgan fingerprint density at radius 1 is 1.30 bits per heavy atom. The first-order valence-electron chi connectivity index (χ1n) is 3.62. The predicted molar refractivity (Wildman–Crippen MR) is 35.2 cm³/mol. The molecule has 2 unspecified atom stereocenters. The lowest BCUT2D eigenvalue weighted by Gasteiger charge is -2.44. The second-order valence-electron chi connectivity index (χ2n) is 3.00. The van der Waals surface area contributed by atoms with Gasteiger partial charge in [-0.05, 0) is 19.3 Å². The van der Waals surface area contributed by atoms with Gasteiger partial charge in [-0.15, -0.1) is 4.91 Å². The topological polar surface area (TPSA) is 50.7 Å². The van der Waals surface area contributed by atoms with Crippen molar-refractivity contribution < 1.29 is 4.74 Å². The summed E-state index contributed by atoms with van der Waals surface area (Å²) in [7, 11) is 0. The Labute approximate surface area is 58.9 Å². The Hall–Kier alpha value is -0.640. The monoisotopic (exact) mass is 142 g/mol. The first kappa shape index (κ1) is 6.09. The van der Waals surface area contributed by atoms with Gasteiger partial charge in [-0.1, -0.05) is 0 Å². The first-order chi connectivity index (χ1) is 4.88. The van der Waals surface area contributed by atoms with E-state index in [9.17, 15) is 4.91 Å². The van der Waals surface area contributed by atoms with Gasteiger partial charge in [-0.3, -0.25) is 5.43 Å². The molecule has 4 nitrogen and oxygen atoms in total. The van der Waals surface area contributed by atoms with Crippen molar-refractivity contribution in [2.75, 3.05) is 0 Å². The van der Waals surface area contributed by atoms with Crippen LogP contribution in [0.15, 0.2) is 5.29 Å².